The lowest BCUT2D eigenvalue weighted by atomic mass is 10.1. The van der Waals surface area contributed by atoms with Crippen molar-refractivity contribution in [3.63, 3.8) is 0 Å². The van der Waals surface area contributed by atoms with Crippen molar-refractivity contribution < 1.29 is 4.79 Å². The highest BCUT2D eigenvalue weighted by Gasteiger charge is 2.24. The fourth-order valence-corrected chi connectivity index (χ4v) is 3.20. The van der Waals surface area contributed by atoms with Gasteiger partial charge in [-0.3, -0.25) is 14.2 Å². The molecule has 130 valence electrons. The van der Waals surface area contributed by atoms with E-state index in [0.29, 0.717) is 5.56 Å². The van der Waals surface area contributed by atoms with Crippen molar-refractivity contribution in [2.45, 2.75) is 45.7 Å². The highest BCUT2D eigenvalue weighted by Crippen LogP contribution is 2.20. The molecular formula is C17H26N6O. The average molecular weight is 330 g/mol. The van der Waals surface area contributed by atoms with Gasteiger partial charge in [0.1, 0.15) is 5.82 Å². The second-order valence-corrected chi connectivity index (χ2v) is 6.83. The Labute approximate surface area is 142 Å². The van der Waals surface area contributed by atoms with Gasteiger partial charge in [-0.05, 0) is 33.6 Å². The van der Waals surface area contributed by atoms with Gasteiger partial charge in [-0.2, -0.15) is 10.2 Å². The lowest BCUT2D eigenvalue weighted by molar-refractivity contribution is 0.0933. The molecule has 7 heteroatoms. The first kappa shape index (κ1) is 16.5. The summed E-state index contributed by atoms with van der Waals surface area (Å²) in [4.78, 5) is 14.8. The molecule has 0 spiro atoms. The van der Waals surface area contributed by atoms with Crippen LogP contribution in [0.15, 0.2) is 18.5 Å². The summed E-state index contributed by atoms with van der Waals surface area (Å²) < 4.78 is 3.71. The molecule has 0 aliphatic carbocycles. The Bertz CT molecular complexity index is 716. The Morgan fingerprint density at radius 1 is 1.42 bits per heavy atom. The molecule has 1 fully saturated rings. The summed E-state index contributed by atoms with van der Waals surface area (Å²) >= 11 is 0. The van der Waals surface area contributed by atoms with E-state index in [4.69, 9.17) is 0 Å². The number of rotatable bonds is 4. The molecule has 2 aromatic heterocycles. The molecule has 0 aromatic carbocycles. The van der Waals surface area contributed by atoms with E-state index in [2.05, 4.69) is 26.5 Å². The van der Waals surface area contributed by atoms with Gasteiger partial charge in [0, 0.05) is 44.5 Å². The maximum absolute atomic E-state index is 12.5. The molecule has 2 aromatic rings. The lowest BCUT2D eigenvalue weighted by Gasteiger charge is -2.34. The smallest absolute Gasteiger partial charge is 0.254 e. The summed E-state index contributed by atoms with van der Waals surface area (Å²) in [5, 5.41) is 11.8. The van der Waals surface area contributed by atoms with Gasteiger partial charge in [-0.25, -0.2) is 0 Å². The number of carbonyl (C=O) groups excluding carboxylic acids is 1. The van der Waals surface area contributed by atoms with E-state index in [1.807, 2.05) is 38.7 Å². The Kier molecular flexibility index (Phi) is 4.59. The zero-order valence-corrected chi connectivity index (χ0v) is 14.9. The molecule has 1 atom stereocenters. The van der Waals surface area contributed by atoms with Gasteiger partial charge >= 0.3 is 0 Å². The summed E-state index contributed by atoms with van der Waals surface area (Å²) in [7, 11) is 1.96. The van der Waals surface area contributed by atoms with Crippen LogP contribution in [0.4, 0.5) is 5.82 Å². The number of anilines is 1. The van der Waals surface area contributed by atoms with Crippen LogP contribution in [0.1, 0.15) is 48.8 Å². The van der Waals surface area contributed by atoms with Crippen molar-refractivity contribution in [2.24, 2.45) is 7.05 Å². The normalized spacial score (nSPS) is 18.2. The highest BCUT2D eigenvalue weighted by atomic mass is 16.1. The number of hydrogen-bond acceptors (Lipinski definition) is 4. The zero-order valence-electron chi connectivity index (χ0n) is 14.9. The monoisotopic (exact) mass is 330 g/mol. The largest absolute Gasteiger partial charge is 0.355 e. The van der Waals surface area contributed by atoms with Crippen LogP contribution in [0, 0.1) is 6.92 Å². The molecule has 0 bridgehead atoms. The van der Waals surface area contributed by atoms with Gasteiger partial charge in [0.25, 0.3) is 5.91 Å². The first-order valence-electron chi connectivity index (χ1n) is 8.54. The number of piperidine rings is 1. The molecule has 0 saturated carbocycles. The van der Waals surface area contributed by atoms with E-state index in [-0.39, 0.29) is 18.0 Å². The number of nitrogens with zero attached hydrogens (tertiary/aromatic N) is 5. The van der Waals surface area contributed by atoms with E-state index in [0.717, 1.165) is 37.4 Å². The Morgan fingerprint density at radius 2 is 2.21 bits per heavy atom. The molecule has 1 saturated heterocycles. The van der Waals surface area contributed by atoms with Crippen LogP contribution in [0.3, 0.4) is 0 Å². The van der Waals surface area contributed by atoms with Crippen LogP contribution in [0.5, 0.6) is 0 Å². The minimum Gasteiger partial charge on any atom is -0.355 e. The maximum Gasteiger partial charge on any atom is 0.254 e. The molecule has 3 rings (SSSR count). The molecule has 24 heavy (non-hydrogen) atoms. The van der Waals surface area contributed by atoms with Gasteiger partial charge < -0.3 is 10.2 Å². The standard InChI is InChI=1S/C17H26N6O/c1-12(2)23-10-14(9-18-23)17(24)19-15-6-5-7-22(11-15)16-8-13(3)20-21(16)4/h8-10,12,15H,5-7,11H2,1-4H3,(H,19,24). The van der Waals surface area contributed by atoms with Crippen molar-refractivity contribution in [1.82, 2.24) is 24.9 Å². The van der Waals surface area contributed by atoms with Crippen LogP contribution in [0.2, 0.25) is 0 Å². The predicted octanol–water partition coefficient (Wildman–Crippen LogP) is 1.90. The first-order chi connectivity index (χ1) is 11.4. The van der Waals surface area contributed by atoms with Crippen molar-refractivity contribution in [1.29, 1.82) is 0 Å². The van der Waals surface area contributed by atoms with Gasteiger partial charge in [0.2, 0.25) is 0 Å². The molecule has 1 unspecified atom stereocenters. The predicted molar refractivity (Wildman–Crippen MR) is 93.3 cm³/mol. The van der Waals surface area contributed by atoms with Gasteiger partial charge in [0.15, 0.2) is 0 Å². The lowest BCUT2D eigenvalue weighted by Crippen LogP contribution is -2.48. The highest BCUT2D eigenvalue weighted by molar-refractivity contribution is 5.93. The Hall–Kier alpha value is -2.31. The van der Waals surface area contributed by atoms with Crippen LogP contribution in [-0.4, -0.2) is 44.6 Å². The molecule has 1 N–H and O–H groups in total. The third-order valence-electron chi connectivity index (χ3n) is 4.45. The minimum absolute atomic E-state index is 0.0464. The third kappa shape index (κ3) is 3.44. The van der Waals surface area contributed by atoms with E-state index >= 15 is 0 Å². The fourth-order valence-electron chi connectivity index (χ4n) is 3.20. The van der Waals surface area contributed by atoms with Crippen LogP contribution in [0.25, 0.3) is 0 Å². The summed E-state index contributed by atoms with van der Waals surface area (Å²) in [6, 6.07) is 2.49. The Morgan fingerprint density at radius 3 is 2.83 bits per heavy atom. The van der Waals surface area contributed by atoms with Crippen molar-refractivity contribution in [3.8, 4) is 0 Å². The summed E-state index contributed by atoms with van der Waals surface area (Å²) in [6.07, 6.45) is 5.50. The molecule has 1 amide bonds. The SMILES string of the molecule is Cc1cc(N2CCCC(NC(=O)c3cnn(C(C)C)c3)C2)n(C)n1. The van der Waals surface area contributed by atoms with E-state index in [9.17, 15) is 4.79 Å². The van der Waals surface area contributed by atoms with Gasteiger partial charge in [-0.1, -0.05) is 0 Å². The second-order valence-electron chi connectivity index (χ2n) is 6.83. The number of carbonyl (C=O) groups is 1. The molecule has 7 nitrogen and oxygen atoms in total. The number of hydrogen-bond donors (Lipinski definition) is 1. The third-order valence-corrected chi connectivity index (χ3v) is 4.45. The van der Waals surface area contributed by atoms with Crippen molar-refractivity contribution in [3.05, 3.63) is 29.7 Å². The van der Waals surface area contributed by atoms with Crippen molar-refractivity contribution >= 4 is 11.7 Å². The van der Waals surface area contributed by atoms with Crippen LogP contribution >= 0.6 is 0 Å². The van der Waals surface area contributed by atoms with Crippen LogP contribution < -0.4 is 10.2 Å². The van der Waals surface area contributed by atoms with E-state index < -0.39 is 0 Å². The Balaban J connectivity index is 1.64. The molecular weight excluding hydrogens is 304 g/mol. The maximum atomic E-state index is 12.5. The summed E-state index contributed by atoms with van der Waals surface area (Å²) in [5.41, 5.74) is 1.64. The zero-order chi connectivity index (χ0) is 17.3. The fraction of sp³-hybridized carbons (Fsp3) is 0.588. The minimum atomic E-state index is -0.0464. The van der Waals surface area contributed by atoms with Gasteiger partial charge in [-0.15, -0.1) is 0 Å². The van der Waals surface area contributed by atoms with Crippen molar-refractivity contribution in [2.75, 3.05) is 18.0 Å². The molecule has 0 radical (unpaired) electrons. The topological polar surface area (TPSA) is 68.0 Å². The number of aromatic nitrogens is 4. The van der Waals surface area contributed by atoms with Crippen LogP contribution in [-0.2, 0) is 7.05 Å². The quantitative estimate of drug-likeness (QED) is 0.930. The van der Waals surface area contributed by atoms with E-state index in [1.54, 1.807) is 10.9 Å². The molecule has 3 heterocycles. The summed E-state index contributed by atoms with van der Waals surface area (Å²) in [5.74, 6) is 1.06. The van der Waals surface area contributed by atoms with E-state index in [1.165, 1.54) is 0 Å². The number of amides is 1. The molecule has 1 aliphatic heterocycles. The molecule has 1 aliphatic rings. The summed E-state index contributed by atoms with van der Waals surface area (Å²) in [6.45, 7) is 7.89. The van der Waals surface area contributed by atoms with Gasteiger partial charge in [0.05, 0.1) is 17.5 Å². The average Bonchev–Trinajstić information content (AvgIpc) is 3.14. The first-order valence-corrected chi connectivity index (χ1v) is 8.54. The number of nitrogens with one attached hydrogen (secondary N) is 1. The number of aryl methyl sites for hydroxylation is 2. The second kappa shape index (κ2) is 6.67.